The normalized spacial score (nSPS) is 22.5. The molecule has 3 aliphatic rings. The highest BCUT2D eigenvalue weighted by Gasteiger charge is 2.64. The first-order valence-electron chi connectivity index (χ1n) is 22.7. The number of aliphatic hydroxyl groups excluding tert-OH is 2. The molecule has 1 fully saturated rings. The summed E-state index contributed by atoms with van der Waals surface area (Å²) < 4.78 is 21.1. The van der Waals surface area contributed by atoms with Crippen LogP contribution >= 0.6 is 11.8 Å². The highest BCUT2D eigenvalue weighted by atomic mass is 32.2. The molecule has 8 rings (SSSR count). The van der Waals surface area contributed by atoms with Gasteiger partial charge in [-0.2, -0.15) is 11.8 Å². The van der Waals surface area contributed by atoms with Crippen molar-refractivity contribution in [1.29, 1.82) is 0 Å². The van der Waals surface area contributed by atoms with Crippen LogP contribution in [0.1, 0.15) is 67.6 Å². The quantitative estimate of drug-likeness (QED) is 0.0298. The molecule has 12 heteroatoms. The number of pyridine rings is 1. The number of benzene rings is 4. The smallest absolute Gasteiger partial charge is 0.269 e. The Morgan fingerprint density at radius 2 is 1.60 bits per heavy atom. The van der Waals surface area contributed by atoms with Gasteiger partial charge in [0.2, 0.25) is 5.79 Å². The van der Waals surface area contributed by atoms with Crippen molar-refractivity contribution in [1.82, 2.24) is 4.98 Å². The van der Waals surface area contributed by atoms with E-state index in [1.807, 2.05) is 67.0 Å². The Balaban J connectivity index is 1.22. The summed E-state index contributed by atoms with van der Waals surface area (Å²) in [6, 6.07) is 35.0. The van der Waals surface area contributed by atoms with Crippen molar-refractivity contribution < 1.29 is 34.2 Å². The number of allylic oxidation sites excluding steroid dienone is 1. The van der Waals surface area contributed by atoms with Gasteiger partial charge in [-0.1, -0.05) is 72.6 Å². The van der Waals surface area contributed by atoms with Crippen LogP contribution in [0.3, 0.4) is 0 Å². The van der Waals surface area contributed by atoms with Crippen LogP contribution in [0.2, 0.25) is 0 Å². The Hall–Kier alpha value is -5.79. The van der Waals surface area contributed by atoms with E-state index < -0.39 is 10.7 Å². The summed E-state index contributed by atoms with van der Waals surface area (Å²) in [5.74, 6) is 1.68. The van der Waals surface area contributed by atoms with Gasteiger partial charge in [0.25, 0.3) is 5.69 Å². The van der Waals surface area contributed by atoms with E-state index in [0.717, 1.165) is 82.9 Å². The maximum absolute atomic E-state index is 11.4. The zero-order valence-corrected chi connectivity index (χ0v) is 37.4. The lowest BCUT2D eigenvalue weighted by molar-refractivity contribution is -0.384. The first kappa shape index (κ1) is 45.8. The van der Waals surface area contributed by atoms with Crippen molar-refractivity contribution in [2.24, 2.45) is 22.9 Å². The molecule has 2 N–H and O–H groups in total. The minimum atomic E-state index is -1.11. The van der Waals surface area contributed by atoms with E-state index in [0.29, 0.717) is 25.0 Å². The van der Waals surface area contributed by atoms with Crippen LogP contribution < -0.4 is 9.47 Å². The number of hydrogen-bond acceptors (Lipinski definition) is 11. The Kier molecular flexibility index (Phi) is 15.4. The molecule has 2 heterocycles. The number of nitro groups is 1. The number of oxime groups is 1. The Morgan fingerprint density at radius 1 is 0.877 bits per heavy atom. The van der Waals surface area contributed by atoms with Crippen LogP contribution in [0.4, 0.5) is 5.69 Å². The molecule has 1 aromatic heterocycles. The topological polar surface area (TPSA) is 146 Å². The van der Waals surface area contributed by atoms with Gasteiger partial charge < -0.3 is 29.3 Å². The molecular weight excluding hydrogens is 839 g/mol. The zero-order valence-electron chi connectivity index (χ0n) is 36.6. The molecule has 0 saturated heterocycles. The summed E-state index contributed by atoms with van der Waals surface area (Å²) in [4.78, 5) is 21.3. The maximum Gasteiger partial charge on any atom is 0.269 e. The van der Waals surface area contributed by atoms with E-state index >= 15 is 0 Å². The number of ether oxygens (including phenoxy) is 3. The predicted molar refractivity (Wildman–Crippen MR) is 255 cm³/mol. The minimum Gasteiger partial charge on any atom is -0.460 e. The second-order valence-electron chi connectivity index (χ2n) is 16.9. The molecule has 0 radical (unpaired) electrons. The molecule has 0 spiro atoms. The van der Waals surface area contributed by atoms with Crippen molar-refractivity contribution in [3.63, 3.8) is 0 Å². The third-order valence-electron chi connectivity index (χ3n) is 12.8. The molecule has 1 aliphatic heterocycles. The van der Waals surface area contributed by atoms with Gasteiger partial charge in [-0.15, -0.1) is 6.58 Å². The number of aryl methyl sites for hydroxylation is 1. The highest BCUT2D eigenvalue weighted by Crippen LogP contribution is 2.62. The molecule has 65 heavy (non-hydrogen) atoms. The number of fused-ring (bicyclic) bond motifs is 2. The van der Waals surface area contributed by atoms with E-state index in [2.05, 4.69) is 48.0 Å². The summed E-state index contributed by atoms with van der Waals surface area (Å²) in [6.45, 7) is 4.70. The standard InChI is InChI=1S/C53H57N3O8S/c1-2-31-61-53-50(65-32-26-37-24-27-54-28-25-37)35-48(55-62-36-38-14-18-42(19-15-38)56(59)60)46-33-41(12-6-8-29-57)45(13-7-9-30-58)51(52(46)53)47-34-44(22-23-49(47)64-53)63-43-20-16-40(17-21-43)39-10-4-3-5-11-39/h2-5,10-11,14-25,27-28,33-34,41,45,50-52,57-58H,1,6-9,12-13,26,29-32,35-36H2. The van der Waals surface area contributed by atoms with Crippen molar-refractivity contribution in [2.45, 2.75) is 74.9 Å². The second kappa shape index (κ2) is 21.9. The van der Waals surface area contributed by atoms with E-state index in [1.165, 1.54) is 17.7 Å². The molecule has 4 aromatic carbocycles. The fraction of sp³-hybridized carbons (Fsp3) is 0.358. The van der Waals surface area contributed by atoms with Crippen molar-refractivity contribution in [2.75, 3.05) is 25.6 Å². The third kappa shape index (κ3) is 10.7. The molecule has 6 unspecified atom stereocenters. The van der Waals surface area contributed by atoms with Gasteiger partial charge in [0.15, 0.2) is 0 Å². The van der Waals surface area contributed by atoms with Crippen LogP contribution in [0, 0.1) is 27.9 Å². The number of aromatic nitrogens is 1. The van der Waals surface area contributed by atoms with Gasteiger partial charge in [-0.25, -0.2) is 0 Å². The molecule has 338 valence electrons. The Labute approximate surface area is 385 Å². The predicted octanol–water partition coefficient (Wildman–Crippen LogP) is 11.3. The molecule has 2 aliphatic carbocycles. The van der Waals surface area contributed by atoms with Crippen LogP contribution in [0.15, 0.2) is 151 Å². The van der Waals surface area contributed by atoms with Gasteiger partial charge in [0.1, 0.15) is 23.9 Å². The number of aliphatic hydroxyl groups is 2. The summed E-state index contributed by atoms with van der Waals surface area (Å²) in [7, 11) is 0. The van der Waals surface area contributed by atoms with Gasteiger partial charge in [-0.05, 0) is 132 Å². The fourth-order valence-corrected chi connectivity index (χ4v) is 11.2. The monoisotopic (exact) mass is 895 g/mol. The summed E-state index contributed by atoms with van der Waals surface area (Å²) in [5.41, 5.74) is 7.08. The number of thioether (sulfide) groups is 1. The van der Waals surface area contributed by atoms with Crippen LogP contribution in [0.5, 0.6) is 17.2 Å². The van der Waals surface area contributed by atoms with E-state index in [4.69, 9.17) is 24.2 Å². The number of hydrogen-bond donors (Lipinski definition) is 2. The zero-order chi connectivity index (χ0) is 45.0. The lowest BCUT2D eigenvalue weighted by Crippen LogP contribution is -2.64. The first-order chi connectivity index (χ1) is 31.9. The van der Waals surface area contributed by atoms with E-state index in [1.54, 1.807) is 30.0 Å². The molecule has 0 bridgehead atoms. The summed E-state index contributed by atoms with van der Waals surface area (Å²) >= 11 is 1.81. The molecule has 1 saturated carbocycles. The molecule has 11 nitrogen and oxygen atoms in total. The average Bonchev–Trinajstić information content (AvgIpc) is 3.33. The number of nitrogens with zero attached hydrogens (tertiary/aromatic N) is 3. The van der Waals surface area contributed by atoms with Crippen LogP contribution in [-0.4, -0.2) is 62.4 Å². The third-order valence-corrected chi connectivity index (χ3v) is 14.2. The van der Waals surface area contributed by atoms with Crippen molar-refractivity contribution in [3.05, 3.63) is 173 Å². The summed E-state index contributed by atoms with van der Waals surface area (Å²) in [6.07, 6.45) is 13.9. The first-order valence-corrected chi connectivity index (χ1v) is 23.7. The van der Waals surface area contributed by atoms with Crippen LogP contribution in [0.25, 0.3) is 11.1 Å². The van der Waals surface area contributed by atoms with Gasteiger partial charge >= 0.3 is 0 Å². The van der Waals surface area contributed by atoms with Crippen molar-refractivity contribution >= 4 is 23.2 Å². The van der Waals surface area contributed by atoms with Crippen molar-refractivity contribution in [3.8, 4) is 28.4 Å². The van der Waals surface area contributed by atoms with Gasteiger partial charge in [0, 0.05) is 55.6 Å². The molecule has 6 atom stereocenters. The number of unbranched alkanes of at least 4 members (excludes halogenated alkanes) is 2. The van der Waals surface area contributed by atoms with Crippen LogP contribution in [-0.2, 0) is 22.6 Å². The minimum absolute atomic E-state index is 0.0149. The second-order valence-corrected chi connectivity index (χ2v) is 18.2. The Morgan fingerprint density at radius 3 is 2.32 bits per heavy atom. The highest BCUT2D eigenvalue weighted by molar-refractivity contribution is 8.00. The van der Waals surface area contributed by atoms with E-state index in [9.17, 15) is 20.3 Å². The largest absolute Gasteiger partial charge is 0.460 e. The molecular formula is C53H57N3O8S. The lowest BCUT2D eigenvalue weighted by Gasteiger charge is -2.58. The average molecular weight is 896 g/mol. The maximum atomic E-state index is 11.4. The lowest BCUT2D eigenvalue weighted by atomic mass is 9.56. The molecule has 0 amide bonds. The Bertz CT molecular complexity index is 2410. The van der Waals surface area contributed by atoms with Gasteiger partial charge in [-0.3, -0.25) is 15.1 Å². The van der Waals surface area contributed by atoms with Gasteiger partial charge in [0.05, 0.1) is 28.4 Å². The SMILES string of the molecule is C=CCOC12Oc3ccc(Oc4ccc(-c5ccccc5)cc4)cc3C3C(CCCCO)C(CCCCO)C=C(C(=NOCc4ccc([N+](=O)[O-])cc4)CC1SCCc1ccncc1)C32. The summed E-state index contributed by atoms with van der Waals surface area (Å²) in [5, 5.41) is 36.0. The number of nitro benzene ring substituents is 1. The number of non-ortho nitro benzene ring substituents is 1. The van der Waals surface area contributed by atoms with E-state index in [-0.39, 0.29) is 61.0 Å². The molecule has 5 aromatic rings. The number of rotatable bonds is 22. The fourth-order valence-electron chi connectivity index (χ4n) is 9.79.